The van der Waals surface area contributed by atoms with Gasteiger partial charge in [-0.15, -0.1) is 11.3 Å². The summed E-state index contributed by atoms with van der Waals surface area (Å²) >= 11 is 7.05. The minimum Gasteiger partial charge on any atom is -0.398 e. The van der Waals surface area contributed by atoms with E-state index in [9.17, 15) is 8.42 Å². The maximum atomic E-state index is 12.0. The second-order valence-corrected chi connectivity index (χ2v) is 7.02. The molecule has 0 atom stereocenters. The minimum atomic E-state index is -3.62. The van der Waals surface area contributed by atoms with Crippen LogP contribution in [0.15, 0.2) is 33.9 Å². The van der Waals surface area contributed by atoms with Crippen molar-refractivity contribution in [2.75, 3.05) is 10.5 Å². The van der Waals surface area contributed by atoms with Gasteiger partial charge < -0.3 is 5.73 Å². The Balaban J connectivity index is 2.33. The highest BCUT2D eigenvalue weighted by atomic mass is 35.5. The average Bonchev–Trinajstić information content (AvgIpc) is 2.70. The quantitative estimate of drug-likeness (QED) is 0.915. The van der Waals surface area contributed by atoms with Crippen molar-refractivity contribution in [1.29, 1.82) is 0 Å². The molecule has 0 bridgehead atoms. The molecule has 96 valence electrons. The number of hydrogen-bond donors (Lipinski definition) is 2. The van der Waals surface area contributed by atoms with Gasteiger partial charge in [0.1, 0.15) is 4.21 Å². The summed E-state index contributed by atoms with van der Waals surface area (Å²) in [6.45, 7) is 1.88. The van der Waals surface area contributed by atoms with Crippen molar-refractivity contribution < 1.29 is 8.42 Å². The van der Waals surface area contributed by atoms with Gasteiger partial charge >= 0.3 is 0 Å². The number of rotatable bonds is 3. The number of halogens is 1. The maximum Gasteiger partial charge on any atom is 0.271 e. The smallest absolute Gasteiger partial charge is 0.271 e. The fraction of sp³-hybridized carbons (Fsp3) is 0.0909. The highest BCUT2D eigenvalue weighted by molar-refractivity contribution is 7.94. The lowest BCUT2D eigenvalue weighted by atomic mass is 10.2. The van der Waals surface area contributed by atoms with E-state index in [1.807, 2.05) is 6.92 Å². The van der Waals surface area contributed by atoms with Gasteiger partial charge in [-0.1, -0.05) is 17.7 Å². The second-order valence-electron chi connectivity index (χ2n) is 3.79. The van der Waals surface area contributed by atoms with Gasteiger partial charge in [0.15, 0.2) is 0 Å². The molecule has 1 aromatic carbocycles. The number of benzene rings is 1. The van der Waals surface area contributed by atoms with Gasteiger partial charge in [-0.2, -0.15) is 0 Å². The van der Waals surface area contributed by atoms with Gasteiger partial charge in [-0.05, 0) is 30.7 Å². The maximum absolute atomic E-state index is 12.0. The van der Waals surface area contributed by atoms with Crippen molar-refractivity contribution >= 4 is 44.3 Å². The Hall–Kier alpha value is -1.24. The van der Waals surface area contributed by atoms with Crippen LogP contribution in [0.4, 0.5) is 11.4 Å². The van der Waals surface area contributed by atoms with Crippen LogP contribution in [0.3, 0.4) is 0 Å². The van der Waals surface area contributed by atoms with E-state index in [-0.39, 0.29) is 4.21 Å². The van der Waals surface area contributed by atoms with Crippen LogP contribution in [0.5, 0.6) is 0 Å². The van der Waals surface area contributed by atoms with Gasteiger partial charge in [-0.3, -0.25) is 4.72 Å². The van der Waals surface area contributed by atoms with Gasteiger partial charge in [0.25, 0.3) is 10.0 Å². The number of thiophene rings is 1. The molecule has 0 amide bonds. The first-order valence-corrected chi connectivity index (χ1v) is 7.75. The summed E-state index contributed by atoms with van der Waals surface area (Å²) in [7, 11) is -3.62. The number of sulfonamides is 1. The van der Waals surface area contributed by atoms with E-state index in [4.69, 9.17) is 17.3 Å². The number of nitrogen functional groups attached to an aromatic ring is 1. The topological polar surface area (TPSA) is 72.2 Å². The third-order valence-electron chi connectivity index (χ3n) is 2.23. The fourth-order valence-electron chi connectivity index (χ4n) is 1.37. The van der Waals surface area contributed by atoms with Crippen molar-refractivity contribution in [2.45, 2.75) is 11.1 Å². The van der Waals surface area contributed by atoms with Crippen LogP contribution < -0.4 is 10.5 Å². The molecule has 2 aromatic rings. The third-order valence-corrected chi connectivity index (χ3v) is 5.37. The summed E-state index contributed by atoms with van der Waals surface area (Å²) in [5.41, 5.74) is 7.25. The summed E-state index contributed by atoms with van der Waals surface area (Å²) in [5.74, 6) is 0. The van der Waals surface area contributed by atoms with Crippen LogP contribution in [0.2, 0.25) is 5.02 Å². The number of nitrogens with one attached hydrogen (secondary N) is 1. The van der Waals surface area contributed by atoms with E-state index >= 15 is 0 Å². The Bertz CT molecular complexity index is 680. The SMILES string of the molecule is Cc1ccc(NS(=O)(=O)c2cc(N)cs2)c(Cl)c1. The van der Waals surface area contributed by atoms with Crippen molar-refractivity contribution in [3.8, 4) is 0 Å². The number of nitrogens with two attached hydrogens (primary N) is 1. The first-order chi connectivity index (χ1) is 8.38. The minimum absolute atomic E-state index is 0.164. The van der Waals surface area contributed by atoms with Crippen molar-refractivity contribution in [3.05, 3.63) is 40.2 Å². The lowest BCUT2D eigenvalue weighted by Crippen LogP contribution is -2.11. The molecule has 0 radical (unpaired) electrons. The van der Waals surface area contributed by atoms with Gasteiger partial charge in [0.05, 0.1) is 10.7 Å². The third kappa shape index (κ3) is 2.77. The van der Waals surface area contributed by atoms with Gasteiger partial charge in [-0.25, -0.2) is 8.42 Å². The van der Waals surface area contributed by atoms with Crippen molar-refractivity contribution in [2.24, 2.45) is 0 Å². The molecule has 1 heterocycles. The van der Waals surface area contributed by atoms with Crippen LogP contribution in [0.1, 0.15) is 5.56 Å². The lowest BCUT2D eigenvalue weighted by Gasteiger charge is -2.08. The fourth-order valence-corrected chi connectivity index (χ4v) is 3.87. The molecule has 2 rings (SSSR count). The van der Waals surface area contributed by atoms with E-state index in [1.54, 1.807) is 23.6 Å². The molecule has 18 heavy (non-hydrogen) atoms. The number of hydrogen-bond acceptors (Lipinski definition) is 4. The molecule has 0 spiro atoms. The van der Waals surface area contributed by atoms with E-state index < -0.39 is 10.0 Å². The van der Waals surface area contributed by atoms with Crippen molar-refractivity contribution in [3.63, 3.8) is 0 Å². The molecule has 0 fully saturated rings. The Labute approximate surface area is 114 Å². The standard InChI is InChI=1S/C11H11ClN2O2S2/c1-7-2-3-10(9(12)4-7)14-18(15,16)11-5-8(13)6-17-11/h2-6,14H,13H2,1H3. The molecule has 0 aliphatic rings. The zero-order chi connectivity index (χ0) is 13.3. The van der Waals surface area contributed by atoms with Crippen LogP contribution in [0.25, 0.3) is 0 Å². The predicted molar refractivity (Wildman–Crippen MR) is 75.7 cm³/mol. The highest BCUT2D eigenvalue weighted by Gasteiger charge is 2.17. The molecule has 0 aliphatic carbocycles. The van der Waals surface area contributed by atoms with Gasteiger partial charge in [0.2, 0.25) is 0 Å². The average molecular weight is 303 g/mol. The highest BCUT2D eigenvalue weighted by Crippen LogP contribution is 2.28. The van der Waals surface area contributed by atoms with Crippen LogP contribution >= 0.6 is 22.9 Å². The number of aryl methyl sites for hydroxylation is 1. The first kappa shape index (κ1) is 13.2. The predicted octanol–water partition coefficient (Wildman–Crippen LogP) is 3.09. The van der Waals surface area contributed by atoms with E-state index in [1.165, 1.54) is 6.07 Å². The summed E-state index contributed by atoms with van der Waals surface area (Å²) in [5, 5.41) is 1.94. The molecular weight excluding hydrogens is 292 g/mol. The summed E-state index contributed by atoms with van der Waals surface area (Å²) in [6, 6.07) is 6.52. The second kappa shape index (κ2) is 4.79. The van der Waals surface area contributed by atoms with Crippen LogP contribution in [-0.4, -0.2) is 8.42 Å². The Morgan fingerprint density at radius 3 is 2.61 bits per heavy atom. The van der Waals surface area contributed by atoms with E-state index in [2.05, 4.69) is 4.72 Å². The van der Waals surface area contributed by atoms with E-state index in [0.29, 0.717) is 16.4 Å². The molecule has 4 nitrogen and oxygen atoms in total. The monoisotopic (exact) mass is 302 g/mol. The molecule has 0 unspecified atom stereocenters. The Kier molecular flexibility index (Phi) is 3.52. The van der Waals surface area contributed by atoms with E-state index in [0.717, 1.165) is 16.9 Å². The lowest BCUT2D eigenvalue weighted by molar-refractivity contribution is 0.603. The molecule has 0 saturated carbocycles. The molecule has 1 aromatic heterocycles. The molecule has 0 aliphatic heterocycles. The van der Waals surface area contributed by atoms with Crippen molar-refractivity contribution in [1.82, 2.24) is 0 Å². The summed E-state index contributed by atoms with van der Waals surface area (Å²) in [4.78, 5) is 0. The molecule has 7 heteroatoms. The van der Waals surface area contributed by atoms with Crippen LogP contribution in [0, 0.1) is 6.92 Å². The number of anilines is 2. The Morgan fingerprint density at radius 2 is 2.06 bits per heavy atom. The first-order valence-electron chi connectivity index (χ1n) is 5.01. The molecular formula is C11H11ClN2O2S2. The Morgan fingerprint density at radius 1 is 1.33 bits per heavy atom. The zero-order valence-corrected chi connectivity index (χ0v) is 11.9. The summed E-state index contributed by atoms with van der Waals surface area (Å²) in [6.07, 6.45) is 0. The largest absolute Gasteiger partial charge is 0.398 e. The van der Waals surface area contributed by atoms with Gasteiger partial charge in [0, 0.05) is 11.1 Å². The van der Waals surface area contributed by atoms with Crippen LogP contribution in [-0.2, 0) is 10.0 Å². The zero-order valence-electron chi connectivity index (χ0n) is 9.48. The summed E-state index contributed by atoms with van der Waals surface area (Å²) < 4.78 is 26.7. The molecule has 3 N–H and O–H groups in total. The molecule has 0 saturated heterocycles. The normalized spacial score (nSPS) is 11.4.